The van der Waals surface area contributed by atoms with Crippen molar-refractivity contribution < 1.29 is 9.90 Å². The first-order valence-electron chi connectivity index (χ1n) is 4.68. The Morgan fingerprint density at radius 2 is 2.21 bits per heavy atom. The number of rotatable bonds is 4. The SMILES string of the molecule is CCNCc1ccc(C(=O)O)c(C)c1. The highest BCUT2D eigenvalue weighted by Gasteiger charge is 2.06. The molecule has 0 saturated heterocycles. The van der Waals surface area contributed by atoms with Crippen LogP contribution in [0.4, 0.5) is 0 Å². The molecular weight excluding hydrogens is 178 g/mol. The zero-order valence-corrected chi connectivity index (χ0v) is 8.50. The quantitative estimate of drug-likeness (QED) is 0.766. The summed E-state index contributed by atoms with van der Waals surface area (Å²) in [7, 11) is 0. The van der Waals surface area contributed by atoms with Crippen molar-refractivity contribution in [2.45, 2.75) is 20.4 Å². The van der Waals surface area contributed by atoms with Crippen molar-refractivity contribution in [1.29, 1.82) is 0 Å². The van der Waals surface area contributed by atoms with Crippen molar-refractivity contribution in [3.63, 3.8) is 0 Å². The molecule has 3 nitrogen and oxygen atoms in total. The van der Waals surface area contributed by atoms with E-state index in [0.29, 0.717) is 5.56 Å². The molecular formula is C11H15NO2. The molecule has 14 heavy (non-hydrogen) atoms. The lowest BCUT2D eigenvalue weighted by atomic mass is 10.1. The molecule has 0 amide bonds. The zero-order chi connectivity index (χ0) is 10.6. The maximum Gasteiger partial charge on any atom is 0.335 e. The van der Waals surface area contributed by atoms with Gasteiger partial charge >= 0.3 is 5.97 Å². The Bertz CT molecular complexity index is 334. The fraction of sp³-hybridized carbons (Fsp3) is 0.364. The first-order chi connectivity index (χ1) is 6.65. The minimum atomic E-state index is -0.863. The highest BCUT2D eigenvalue weighted by atomic mass is 16.4. The van der Waals surface area contributed by atoms with Gasteiger partial charge in [0, 0.05) is 6.54 Å². The molecule has 2 N–H and O–H groups in total. The van der Waals surface area contributed by atoms with Crippen LogP contribution in [0, 0.1) is 6.92 Å². The fourth-order valence-electron chi connectivity index (χ4n) is 1.35. The number of hydrogen-bond acceptors (Lipinski definition) is 2. The molecule has 3 heteroatoms. The van der Waals surface area contributed by atoms with Crippen molar-refractivity contribution >= 4 is 5.97 Å². The molecule has 0 unspecified atom stereocenters. The third-order valence-electron chi connectivity index (χ3n) is 2.10. The maximum absolute atomic E-state index is 10.7. The first-order valence-corrected chi connectivity index (χ1v) is 4.68. The van der Waals surface area contributed by atoms with Crippen LogP contribution in [0.25, 0.3) is 0 Å². The van der Waals surface area contributed by atoms with Gasteiger partial charge in [0.05, 0.1) is 5.56 Å². The van der Waals surface area contributed by atoms with E-state index >= 15 is 0 Å². The van der Waals surface area contributed by atoms with Gasteiger partial charge in [0.2, 0.25) is 0 Å². The standard InChI is InChI=1S/C11H15NO2/c1-3-12-7-9-4-5-10(11(13)14)8(2)6-9/h4-6,12H,3,7H2,1-2H3,(H,13,14). The molecule has 0 bridgehead atoms. The molecule has 1 rings (SSSR count). The van der Waals surface area contributed by atoms with Crippen LogP contribution < -0.4 is 5.32 Å². The van der Waals surface area contributed by atoms with Crippen molar-refractivity contribution in [2.24, 2.45) is 0 Å². The van der Waals surface area contributed by atoms with Crippen LogP contribution in [0.3, 0.4) is 0 Å². The molecule has 0 spiro atoms. The van der Waals surface area contributed by atoms with Gasteiger partial charge in [-0.3, -0.25) is 0 Å². The van der Waals surface area contributed by atoms with E-state index in [-0.39, 0.29) is 0 Å². The average Bonchev–Trinajstić information content (AvgIpc) is 2.14. The van der Waals surface area contributed by atoms with Gasteiger partial charge in [0.15, 0.2) is 0 Å². The predicted octanol–water partition coefficient (Wildman–Crippen LogP) is 1.80. The van der Waals surface area contributed by atoms with Gasteiger partial charge in [-0.25, -0.2) is 4.79 Å². The number of carboxylic acids is 1. The van der Waals surface area contributed by atoms with Crippen LogP contribution in [0.1, 0.15) is 28.4 Å². The molecule has 0 atom stereocenters. The Morgan fingerprint density at radius 1 is 1.50 bits per heavy atom. The van der Waals surface area contributed by atoms with Gasteiger partial charge in [-0.05, 0) is 30.7 Å². The lowest BCUT2D eigenvalue weighted by Gasteiger charge is -2.05. The molecule has 1 aromatic carbocycles. The van der Waals surface area contributed by atoms with E-state index in [1.165, 1.54) is 0 Å². The van der Waals surface area contributed by atoms with Gasteiger partial charge in [-0.15, -0.1) is 0 Å². The van der Waals surface area contributed by atoms with Gasteiger partial charge in [0.25, 0.3) is 0 Å². The molecule has 76 valence electrons. The summed E-state index contributed by atoms with van der Waals surface area (Å²) >= 11 is 0. The van der Waals surface area contributed by atoms with Crippen LogP contribution in [0.15, 0.2) is 18.2 Å². The van der Waals surface area contributed by atoms with Crippen LogP contribution in [-0.2, 0) is 6.54 Å². The summed E-state index contributed by atoms with van der Waals surface area (Å²) in [6.45, 7) is 5.56. The Balaban J connectivity index is 2.83. The summed E-state index contributed by atoms with van der Waals surface area (Å²) in [5, 5.41) is 12.0. The monoisotopic (exact) mass is 193 g/mol. The van der Waals surface area contributed by atoms with Gasteiger partial charge in [0.1, 0.15) is 0 Å². The Kier molecular flexibility index (Phi) is 3.65. The van der Waals surface area contributed by atoms with Crippen molar-refractivity contribution in [3.05, 3.63) is 34.9 Å². The highest BCUT2D eigenvalue weighted by molar-refractivity contribution is 5.89. The van der Waals surface area contributed by atoms with Crippen LogP contribution >= 0.6 is 0 Å². The minimum Gasteiger partial charge on any atom is -0.478 e. The Hall–Kier alpha value is -1.35. The number of nitrogens with one attached hydrogen (secondary N) is 1. The smallest absolute Gasteiger partial charge is 0.335 e. The fourth-order valence-corrected chi connectivity index (χ4v) is 1.35. The maximum atomic E-state index is 10.7. The summed E-state index contributed by atoms with van der Waals surface area (Å²) < 4.78 is 0. The third-order valence-corrected chi connectivity index (χ3v) is 2.10. The van der Waals surface area contributed by atoms with E-state index in [4.69, 9.17) is 5.11 Å². The first kappa shape index (κ1) is 10.7. The van der Waals surface area contributed by atoms with E-state index in [1.54, 1.807) is 6.07 Å². The molecule has 0 aliphatic heterocycles. The molecule has 0 heterocycles. The molecule has 0 saturated carbocycles. The van der Waals surface area contributed by atoms with E-state index in [0.717, 1.165) is 24.2 Å². The van der Waals surface area contributed by atoms with Crippen LogP contribution in [0.2, 0.25) is 0 Å². The van der Waals surface area contributed by atoms with Crippen molar-refractivity contribution in [2.75, 3.05) is 6.54 Å². The van der Waals surface area contributed by atoms with Crippen LogP contribution in [-0.4, -0.2) is 17.6 Å². The lowest BCUT2D eigenvalue weighted by Crippen LogP contribution is -2.12. The molecule has 0 aliphatic carbocycles. The number of carbonyl (C=O) groups is 1. The summed E-state index contributed by atoms with van der Waals surface area (Å²) in [4.78, 5) is 10.7. The normalized spacial score (nSPS) is 10.1. The lowest BCUT2D eigenvalue weighted by molar-refractivity contribution is 0.0696. The van der Waals surface area contributed by atoms with E-state index in [2.05, 4.69) is 5.32 Å². The number of hydrogen-bond donors (Lipinski definition) is 2. The second kappa shape index (κ2) is 4.77. The molecule has 0 aliphatic rings. The topological polar surface area (TPSA) is 49.3 Å². The number of aromatic carboxylic acids is 1. The van der Waals surface area contributed by atoms with E-state index < -0.39 is 5.97 Å². The number of carboxylic acid groups (broad SMARTS) is 1. The Labute approximate surface area is 83.8 Å². The molecule has 1 aromatic rings. The molecule has 0 fully saturated rings. The van der Waals surface area contributed by atoms with Crippen molar-refractivity contribution in [1.82, 2.24) is 5.32 Å². The van der Waals surface area contributed by atoms with Crippen LogP contribution in [0.5, 0.6) is 0 Å². The predicted molar refractivity (Wildman–Crippen MR) is 55.5 cm³/mol. The van der Waals surface area contributed by atoms with Crippen molar-refractivity contribution in [3.8, 4) is 0 Å². The third kappa shape index (κ3) is 2.57. The summed E-state index contributed by atoms with van der Waals surface area (Å²) in [5.41, 5.74) is 2.31. The summed E-state index contributed by atoms with van der Waals surface area (Å²) in [6.07, 6.45) is 0. The molecule has 0 aromatic heterocycles. The minimum absolute atomic E-state index is 0.380. The Morgan fingerprint density at radius 3 is 2.71 bits per heavy atom. The van der Waals surface area contributed by atoms with E-state index in [1.807, 2.05) is 26.0 Å². The number of aryl methyl sites for hydroxylation is 1. The highest BCUT2D eigenvalue weighted by Crippen LogP contribution is 2.10. The average molecular weight is 193 g/mol. The van der Waals surface area contributed by atoms with Gasteiger partial charge in [-0.1, -0.05) is 19.1 Å². The molecule has 0 radical (unpaired) electrons. The number of benzene rings is 1. The van der Waals surface area contributed by atoms with Gasteiger partial charge in [-0.2, -0.15) is 0 Å². The largest absolute Gasteiger partial charge is 0.478 e. The van der Waals surface area contributed by atoms with Gasteiger partial charge < -0.3 is 10.4 Å². The second-order valence-corrected chi connectivity index (χ2v) is 3.23. The summed E-state index contributed by atoms with van der Waals surface area (Å²) in [6, 6.07) is 5.41. The second-order valence-electron chi connectivity index (χ2n) is 3.23. The van der Waals surface area contributed by atoms with E-state index in [9.17, 15) is 4.79 Å². The zero-order valence-electron chi connectivity index (χ0n) is 8.50. The summed E-state index contributed by atoms with van der Waals surface area (Å²) in [5.74, 6) is -0.863.